The molecule has 1 atom stereocenters. The molecule has 0 saturated carbocycles. The normalized spacial score (nSPS) is 12.1. The summed E-state index contributed by atoms with van der Waals surface area (Å²) in [6.45, 7) is 0.224. The van der Waals surface area contributed by atoms with Gasteiger partial charge in [0.1, 0.15) is 18.4 Å². The van der Waals surface area contributed by atoms with E-state index in [0.29, 0.717) is 22.6 Å². The summed E-state index contributed by atoms with van der Waals surface area (Å²) in [6.07, 6.45) is 2.40. The fraction of sp³-hybridized carbons (Fsp3) is 0.130. The summed E-state index contributed by atoms with van der Waals surface area (Å²) >= 11 is 0. The molecule has 1 N–H and O–H groups in total. The zero-order valence-electron chi connectivity index (χ0n) is 15.4. The van der Waals surface area contributed by atoms with Gasteiger partial charge in [0.2, 0.25) is 0 Å². The van der Waals surface area contributed by atoms with E-state index in [1.165, 1.54) is 0 Å². The van der Waals surface area contributed by atoms with Gasteiger partial charge in [0.25, 0.3) is 0 Å². The Labute approximate surface area is 163 Å². The lowest BCUT2D eigenvalue weighted by atomic mass is 9.96. The predicted octanol–water partition coefficient (Wildman–Crippen LogP) is 4.63. The van der Waals surface area contributed by atoms with E-state index < -0.39 is 6.10 Å². The highest BCUT2D eigenvalue weighted by Crippen LogP contribution is 2.35. The molecule has 2 heterocycles. The summed E-state index contributed by atoms with van der Waals surface area (Å²) < 4.78 is 10.7. The number of hydrogen-bond donors (Lipinski definition) is 1. The lowest BCUT2D eigenvalue weighted by Gasteiger charge is -2.12. The minimum absolute atomic E-state index is 0.224. The van der Waals surface area contributed by atoms with Crippen LogP contribution in [0.4, 0.5) is 0 Å². The van der Waals surface area contributed by atoms with E-state index in [1.54, 1.807) is 25.6 Å². The molecule has 0 aliphatic rings. The third-order valence-corrected chi connectivity index (χ3v) is 4.62. The molecule has 28 heavy (non-hydrogen) atoms. The maximum Gasteiger partial charge on any atom is 0.169 e. The predicted molar refractivity (Wildman–Crippen MR) is 106 cm³/mol. The molecular formula is C23H20N2O3. The summed E-state index contributed by atoms with van der Waals surface area (Å²) in [5.41, 5.74) is 4.99. The van der Waals surface area contributed by atoms with Crippen molar-refractivity contribution in [3.8, 4) is 22.4 Å². The number of aliphatic hydroxyl groups is 1. The molecule has 4 rings (SSSR count). The fourth-order valence-electron chi connectivity index (χ4n) is 3.21. The molecule has 0 spiro atoms. The Balaban J connectivity index is 1.74. The second-order valence-electron chi connectivity index (χ2n) is 6.43. The first-order chi connectivity index (χ1) is 13.8. The van der Waals surface area contributed by atoms with Crippen LogP contribution >= 0.6 is 0 Å². The fourth-order valence-corrected chi connectivity index (χ4v) is 3.21. The summed E-state index contributed by atoms with van der Waals surface area (Å²) in [5.74, 6) is 0.501. The molecule has 0 fully saturated rings. The SMILES string of the molecule is COCc1onc(-c2ccc(-c3ccccc3)cc2)c1C(O)c1cccnc1. The topological polar surface area (TPSA) is 68.4 Å². The first kappa shape index (κ1) is 18.1. The third-order valence-electron chi connectivity index (χ3n) is 4.62. The average molecular weight is 372 g/mol. The van der Waals surface area contributed by atoms with Crippen LogP contribution in [0.2, 0.25) is 0 Å². The molecule has 140 valence electrons. The van der Waals surface area contributed by atoms with E-state index in [9.17, 15) is 5.11 Å². The van der Waals surface area contributed by atoms with Crippen LogP contribution in [0, 0.1) is 0 Å². The Morgan fingerprint density at radius 2 is 1.64 bits per heavy atom. The highest BCUT2D eigenvalue weighted by molar-refractivity contribution is 5.70. The van der Waals surface area contributed by atoms with Crippen LogP contribution in [0.15, 0.2) is 83.6 Å². The molecule has 0 radical (unpaired) electrons. The van der Waals surface area contributed by atoms with Crippen LogP contribution in [0.3, 0.4) is 0 Å². The van der Waals surface area contributed by atoms with Crippen molar-refractivity contribution >= 4 is 0 Å². The lowest BCUT2D eigenvalue weighted by molar-refractivity contribution is 0.148. The van der Waals surface area contributed by atoms with Crippen molar-refractivity contribution in [2.75, 3.05) is 7.11 Å². The number of aliphatic hydroxyl groups excluding tert-OH is 1. The van der Waals surface area contributed by atoms with E-state index in [2.05, 4.69) is 22.3 Å². The zero-order chi connectivity index (χ0) is 19.3. The lowest BCUT2D eigenvalue weighted by Crippen LogP contribution is -2.04. The standard InChI is InChI=1S/C23H20N2O3/c1-27-15-20-21(23(26)19-8-5-13-24-14-19)22(25-28-20)18-11-9-17(10-12-18)16-6-3-2-4-7-16/h2-14,23,26H,15H2,1H3. The molecule has 0 saturated heterocycles. The number of rotatable bonds is 6. The van der Waals surface area contributed by atoms with Crippen LogP contribution in [-0.2, 0) is 11.3 Å². The Kier molecular flexibility index (Phi) is 5.28. The molecule has 0 amide bonds. The Morgan fingerprint density at radius 3 is 2.32 bits per heavy atom. The molecule has 0 bridgehead atoms. The number of ether oxygens (including phenoxy) is 1. The van der Waals surface area contributed by atoms with Gasteiger partial charge in [-0.15, -0.1) is 0 Å². The second kappa shape index (κ2) is 8.17. The summed E-state index contributed by atoms with van der Waals surface area (Å²) in [7, 11) is 1.58. The van der Waals surface area contributed by atoms with Crippen molar-refractivity contribution < 1.29 is 14.4 Å². The molecular weight excluding hydrogens is 352 g/mol. The zero-order valence-corrected chi connectivity index (χ0v) is 15.4. The number of nitrogens with zero attached hydrogens (tertiary/aromatic N) is 2. The average Bonchev–Trinajstić information content (AvgIpc) is 3.18. The van der Waals surface area contributed by atoms with Crippen molar-refractivity contribution in [3.05, 3.63) is 96.0 Å². The number of hydrogen-bond acceptors (Lipinski definition) is 5. The van der Waals surface area contributed by atoms with Gasteiger partial charge in [0.15, 0.2) is 5.76 Å². The Hall–Kier alpha value is -3.28. The maximum absolute atomic E-state index is 11.0. The van der Waals surface area contributed by atoms with Crippen molar-refractivity contribution in [2.24, 2.45) is 0 Å². The molecule has 4 aromatic rings. The van der Waals surface area contributed by atoms with Crippen molar-refractivity contribution in [1.29, 1.82) is 0 Å². The van der Waals surface area contributed by atoms with Gasteiger partial charge < -0.3 is 14.4 Å². The van der Waals surface area contributed by atoms with Crippen LogP contribution in [0.25, 0.3) is 22.4 Å². The quantitative estimate of drug-likeness (QED) is 0.534. The van der Waals surface area contributed by atoms with Gasteiger partial charge in [0, 0.05) is 30.6 Å². The van der Waals surface area contributed by atoms with Crippen LogP contribution < -0.4 is 0 Å². The molecule has 0 aliphatic heterocycles. The maximum atomic E-state index is 11.0. The Morgan fingerprint density at radius 1 is 0.929 bits per heavy atom. The summed E-state index contributed by atoms with van der Waals surface area (Å²) in [4.78, 5) is 4.10. The second-order valence-corrected chi connectivity index (χ2v) is 6.43. The van der Waals surface area contributed by atoms with Gasteiger partial charge in [-0.1, -0.05) is 65.8 Å². The van der Waals surface area contributed by atoms with E-state index in [0.717, 1.165) is 16.7 Å². The Bertz CT molecular complexity index is 1030. The highest BCUT2D eigenvalue weighted by atomic mass is 16.5. The molecule has 1 unspecified atom stereocenters. The number of aromatic nitrogens is 2. The molecule has 2 aromatic carbocycles. The first-order valence-electron chi connectivity index (χ1n) is 8.99. The number of methoxy groups -OCH3 is 1. The van der Waals surface area contributed by atoms with Gasteiger partial charge >= 0.3 is 0 Å². The van der Waals surface area contributed by atoms with Crippen molar-refractivity contribution in [3.63, 3.8) is 0 Å². The van der Waals surface area contributed by atoms with Gasteiger partial charge in [0.05, 0.1) is 5.56 Å². The minimum atomic E-state index is -0.908. The van der Waals surface area contributed by atoms with Gasteiger partial charge in [-0.05, 0) is 17.2 Å². The highest BCUT2D eigenvalue weighted by Gasteiger charge is 2.25. The van der Waals surface area contributed by atoms with Crippen molar-refractivity contribution in [1.82, 2.24) is 10.1 Å². The third kappa shape index (κ3) is 3.58. The smallest absolute Gasteiger partial charge is 0.169 e. The first-order valence-corrected chi connectivity index (χ1v) is 8.99. The molecule has 2 aromatic heterocycles. The van der Waals surface area contributed by atoms with E-state index in [1.807, 2.05) is 48.5 Å². The van der Waals surface area contributed by atoms with Gasteiger partial charge in [-0.3, -0.25) is 4.98 Å². The van der Waals surface area contributed by atoms with E-state index in [-0.39, 0.29) is 6.61 Å². The number of pyridine rings is 1. The van der Waals surface area contributed by atoms with Gasteiger partial charge in [-0.25, -0.2) is 0 Å². The van der Waals surface area contributed by atoms with Crippen LogP contribution in [-0.4, -0.2) is 22.4 Å². The van der Waals surface area contributed by atoms with Gasteiger partial charge in [-0.2, -0.15) is 0 Å². The molecule has 0 aliphatic carbocycles. The van der Waals surface area contributed by atoms with Crippen LogP contribution in [0.5, 0.6) is 0 Å². The monoisotopic (exact) mass is 372 g/mol. The molecule has 5 nitrogen and oxygen atoms in total. The summed E-state index contributed by atoms with van der Waals surface area (Å²) in [6, 6.07) is 21.8. The minimum Gasteiger partial charge on any atom is -0.383 e. The van der Waals surface area contributed by atoms with E-state index in [4.69, 9.17) is 9.26 Å². The van der Waals surface area contributed by atoms with E-state index >= 15 is 0 Å². The van der Waals surface area contributed by atoms with Crippen molar-refractivity contribution in [2.45, 2.75) is 12.7 Å². The van der Waals surface area contributed by atoms with Crippen LogP contribution in [0.1, 0.15) is 23.0 Å². The molecule has 5 heteroatoms. The summed E-state index contributed by atoms with van der Waals surface area (Å²) in [5, 5.41) is 15.2. The largest absolute Gasteiger partial charge is 0.383 e. The number of benzene rings is 2.